The summed E-state index contributed by atoms with van der Waals surface area (Å²) in [5.41, 5.74) is 0.611. The van der Waals surface area contributed by atoms with Gasteiger partial charge in [-0.3, -0.25) is 0 Å². The van der Waals surface area contributed by atoms with E-state index >= 15 is 0 Å². The Balaban J connectivity index is 2.14. The molecule has 0 aromatic carbocycles. The van der Waals surface area contributed by atoms with Crippen molar-refractivity contribution < 1.29 is 0 Å². The third-order valence-electron chi connectivity index (χ3n) is 2.47. The Morgan fingerprint density at radius 3 is 2.62 bits per heavy atom. The highest BCUT2D eigenvalue weighted by molar-refractivity contribution is 5.05. The van der Waals surface area contributed by atoms with Crippen molar-refractivity contribution in [2.24, 2.45) is 5.41 Å². The average Bonchev–Trinajstić information content (AvgIpc) is 1.94. The van der Waals surface area contributed by atoms with Crippen molar-refractivity contribution in [3.8, 4) is 0 Å². The van der Waals surface area contributed by atoms with Gasteiger partial charge in [0, 0.05) is 31.1 Å². The molecule has 0 spiro atoms. The van der Waals surface area contributed by atoms with Crippen molar-refractivity contribution in [2.75, 3.05) is 19.6 Å². The average molecular weight is 112 g/mol. The molecule has 0 amide bonds. The largest absolute Gasteiger partial charge is 0.315 e. The zero-order chi connectivity index (χ0) is 5.61. The Kier molecular flexibility index (Phi) is 0.746. The van der Waals surface area contributed by atoms with Gasteiger partial charge in [-0.05, 0) is 0 Å². The van der Waals surface area contributed by atoms with E-state index in [-0.39, 0.29) is 0 Å². The molecule has 0 aromatic rings. The molecule has 2 rings (SSSR count). The van der Waals surface area contributed by atoms with Crippen LogP contribution in [0.3, 0.4) is 0 Å². The first-order chi connectivity index (χ1) is 3.81. The molecule has 0 bridgehead atoms. The molecular formula is C6H12N2. The molecule has 2 fully saturated rings. The fourth-order valence-corrected chi connectivity index (χ4v) is 1.60. The fraction of sp³-hybridized carbons (Fsp3) is 1.00. The summed E-state index contributed by atoms with van der Waals surface area (Å²) >= 11 is 0. The van der Waals surface area contributed by atoms with Crippen LogP contribution in [0.25, 0.3) is 0 Å². The molecule has 0 saturated carbocycles. The van der Waals surface area contributed by atoms with Crippen LogP contribution < -0.4 is 10.6 Å². The second kappa shape index (κ2) is 1.25. The van der Waals surface area contributed by atoms with Gasteiger partial charge >= 0.3 is 0 Å². The van der Waals surface area contributed by atoms with E-state index in [1.165, 1.54) is 19.6 Å². The van der Waals surface area contributed by atoms with Crippen LogP contribution in [0.4, 0.5) is 0 Å². The SMILES string of the molecule is CC12CNCC1NC2. The summed E-state index contributed by atoms with van der Waals surface area (Å²) in [4.78, 5) is 0. The second-order valence-corrected chi connectivity index (χ2v) is 3.22. The van der Waals surface area contributed by atoms with E-state index in [4.69, 9.17) is 0 Å². The summed E-state index contributed by atoms with van der Waals surface area (Å²) in [7, 11) is 0. The first-order valence-electron chi connectivity index (χ1n) is 3.25. The van der Waals surface area contributed by atoms with Gasteiger partial charge in [0.05, 0.1) is 0 Å². The number of hydrogen-bond acceptors (Lipinski definition) is 2. The highest BCUT2D eigenvalue weighted by Crippen LogP contribution is 2.31. The highest BCUT2D eigenvalue weighted by Gasteiger charge is 2.45. The van der Waals surface area contributed by atoms with Crippen LogP contribution in [-0.4, -0.2) is 25.7 Å². The third-order valence-corrected chi connectivity index (χ3v) is 2.47. The first-order valence-corrected chi connectivity index (χ1v) is 3.25. The van der Waals surface area contributed by atoms with E-state index in [9.17, 15) is 0 Å². The Morgan fingerprint density at radius 2 is 2.38 bits per heavy atom. The zero-order valence-corrected chi connectivity index (χ0v) is 5.20. The summed E-state index contributed by atoms with van der Waals surface area (Å²) in [6.07, 6.45) is 0. The van der Waals surface area contributed by atoms with Crippen LogP contribution in [-0.2, 0) is 0 Å². The number of rotatable bonds is 0. The first kappa shape index (κ1) is 4.77. The van der Waals surface area contributed by atoms with Gasteiger partial charge in [0.2, 0.25) is 0 Å². The second-order valence-electron chi connectivity index (χ2n) is 3.22. The van der Waals surface area contributed by atoms with Gasteiger partial charge in [-0.15, -0.1) is 0 Å². The van der Waals surface area contributed by atoms with E-state index in [1.54, 1.807) is 0 Å². The molecule has 2 atom stereocenters. The van der Waals surface area contributed by atoms with Crippen LogP contribution in [0.5, 0.6) is 0 Å². The molecule has 2 heteroatoms. The zero-order valence-electron chi connectivity index (χ0n) is 5.20. The van der Waals surface area contributed by atoms with Crippen molar-refractivity contribution in [1.82, 2.24) is 10.6 Å². The number of nitrogens with one attached hydrogen (secondary N) is 2. The van der Waals surface area contributed by atoms with Crippen molar-refractivity contribution in [1.29, 1.82) is 0 Å². The minimum absolute atomic E-state index is 0.611. The normalized spacial score (nSPS) is 52.9. The molecule has 2 heterocycles. The maximum atomic E-state index is 3.39. The van der Waals surface area contributed by atoms with Crippen molar-refractivity contribution in [2.45, 2.75) is 13.0 Å². The molecule has 2 aliphatic rings. The molecule has 2 nitrogen and oxygen atoms in total. The Bertz CT molecular complexity index is 113. The van der Waals surface area contributed by atoms with Crippen LogP contribution in [0.1, 0.15) is 6.92 Å². The molecule has 0 radical (unpaired) electrons. The lowest BCUT2D eigenvalue weighted by Crippen LogP contribution is -2.59. The Hall–Kier alpha value is -0.0800. The van der Waals surface area contributed by atoms with Gasteiger partial charge in [-0.25, -0.2) is 0 Å². The molecule has 0 aromatic heterocycles. The van der Waals surface area contributed by atoms with Gasteiger partial charge in [0.15, 0.2) is 0 Å². The maximum Gasteiger partial charge on any atom is 0.0270 e. The summed E-state index contributed by atoms with van der Waals surface area (Å²) < 4.78 is 0. The van der Waals surface area contributed by atoms with E-state index in [1.807, 2.05) is 0 Å². The predicted molar refractivity (Wildman–Crippen MR) is 32.8 cm³/mol. The van der Waals surface area contributed by atoms with E-state index in [0.717, 1.165) is 6.04 Å². The highest BCUT2D eigenvalue weighted by atomic mass is 15.1. The minimum atomic E-state index is 0.611. The van der Waals surface area contributed by atoms with Gasteiger partial charge in [0.25, 0.3) is 0 Å². The van der Waals surface area contributed by atoms with Gasteiger partial charge in [0.1, 0.15) is 0 Å². The van der Waals surface area contributed by atoms with Crippen molar-refractivity contribution in [3.63, 3.8) is 0 Å². The predicted octanol–water partition coefficient (Wildman–Crippen LogP) is -0.432. The minimum Gasteiger partial charge on any atom is -0.315 e. The molecule has 0 aliphatic carbocycles. The van der Waals surface area contributed by atoms with Gasteiger partial charge in [-0.2, -0.15) is 0 Å². The lowest BCUT2D eigenvalue weighted by molar-refractivity contribution is 0.163. The summed E-state index contributed by atoms with van der Waals surface area (Å²) in [5, 5.41) is 6.75. The van der Waals surface area contributed by atoms with E-state index in [0.29, 0.717) is 5.41 Å². The standard InChI is InChI=1S/C6H12N2/c1-6-3-7-2-5(6)8-4-6/h5,7-8H,2-4H2,1H3. The Morgan fingerprint density at radius 1 is 1.50 bits per heavy atom. The van der Waals surface area contributed by atoms with Crippen molar-refractivity contribution in [3.05, 3.63) is 0 Å². The summed E-state index contributed by atoms with van der Waals surface area (Å²) in [6.45, 7) is 5.94. The smallest absolute Gasteiger partial charge is 0.0270 e. The molecular weight excluding hydrogens is 100 g/mol. The summed E-state index contributed by atoms with van der Waals surface area (Å²) in [5.74, 6) is 0. The summed E-state index contributed by atoms with van der Waals surface area (Å²) in [6, 6.07) is 0.780. The topological polar surface area (TPSA) is 24.1 Å². The maximum absolute atomic E-state index is 3.39. The quantitative estimate of drug-likeness (QED) is 0.444. The molecule has 2 aliphatic heterocycles. The molecule has 2 unspecified atom stereocenters. The van der Waals surface area contributed by atoms with Crippen LogP contribution >= 0.6 is 0 Å². The molecule has 46 valence electrons. The van der Waals surface area contributed by atoms with Crippen LogP contribution in [0.2, 0.25) is 0 Å². The number of hydrogen-bond donors (Lipinski definition) is 2. The lowest BCUT2D eigenvalue weighted by Gasteiger charge is -2.42. The molecule has 2 saturated heterocycles. The third kappa shape index (κ3) is 0.400. The number of fused-ring (bicyclic) bond motifs is 1. The molecule has 8 heavy (non-hydrogen) atoms. The lowest BCUT2D eigenvalue weighted by atomic mass is 9.78. The van der Waals surface area contributed by atoms with Crippen LogP contribution in [0.15, 0.2) is 0 Å². The monoisotopic (exact) mass is 112 g/mol. The van der Waals surface area contributed by atoms with Crippen molar-refractivity contribution >= 4 is 0 Å². The van der Waals surface area contributed by atoms with Crippen LogP contribution in [0, 0.1) is 5.41 Å². The molecule has 2 N–H and O–H groups in total. The van der Waals surface area contributed by atoms with E-state index < -0.39 is 0 Å². The van der Waals surface area contributed by atoms with E-state index in [2.05, 4.69) is 17.6 Å². The Labute approximate surface area is 49.7 Å². The van der Waals surface area contributed by atoms with Gasteiger partial charge in [-0.1, -0.05) is 6.92 Å². The fourth-order valence-electron chi connectivity index (χ4n) is 1.60. The van der Waals surface area contributed by atoms with Gasteiger partial charge < -0.3 is 10.6 Å².